The predicted octanol–water partition coefficient (Wildman–Crippen LogP) is 4.70. The lowest BCUT2D eigenvalue weighted by molar-refractivity contribution is -0.113. The average molecular weight is 484 g/mol. The SMILES string of the molecule is Cc1cccc(-c2nnc(SCC(=O)Nc3ncc(Br)cc3Br)o2)c1. The first-order valence-corrected chi connectivity index (χ1v) is 9.72. The number of anilines is 1. The number of pyridine rings is 1. The molecule has 3 rings (SSSR count). The normalized spacial score (nSPS) is 10.7. The number of nitrogens with zero attached hydrogens (tertiary/aromatic N) is 3. The van der Waals surface area contributed by atoms with E-state index in [2.05, 4.69) is 52.4 Å². The summed E-state index contributed by atoms with van der Waals surface area (Å²) in [4.78, 5) is 16.2. The molecule has 0 saturated carbocycles. The highest BCUT2D eigenvalue weighted by Crippen LogP contribution is 2.25. The first kappa shape index (κ1) is 18.1. The van der Waals surface area contributed by atoms with Crippen LogP contribution in [0.1, 0.15) is 5.56 Å². The summed E-state index contributed by atoms with van der Waals surface area (Å²) in [6.07, 6.45) is 1.61. The van der Waals surface area contributed by atoms with Crippen molar-refractivity contribution in [2.45, 2.75) is 12.1 Å². The van der Waals surface area contributed by atoms with Crippen molar-refractivity contribution in [3.63, 3.8) is 0 Å². The molecule has 0 fully saturated rings. The number of hydrogen-bond donors (Lipinski definition) is 1. The van der Waals surface area contributed by atoms with Crippen LogP contribution in [0.15, 0.2) is 55.1 Å². The number of nitrogens with one attached hydrogen (secondary N) is 1. The van der Waals surface area contributed by atoms with Crippen molar-refractivity contribution in [1.29, 1.82) is 0 Å². The Balaban J connectivity index is 1.59. The van der Waals surface area contributed by atoms with Crippen molar-refractivity contribution in [2.24, 2.45) is 0 Å². The zero-order chi connectivity index (χ0) is 17.8. The molecule has 0 aliphatic carbocycles. The Hall–Kier alpha value is -1.71. The molecule has 6 nitrogen and oxygen atoms in total. The molecule has 25 heavy (non-hydrogen) atoms. The Labute approximate surface area is 165 Å². The first-order valence-electron chi connectivity index (χ1n) is 7.15. The minimum Gasteiger partial charge on any atom is -0.411 e. The summed E-state index contributed by atoms with van der Waals surface area (Å²) in [7, 11) is 0. The molecule has 2 aromatic heterocycles. The third kappa shape index (κ3) is 4.90. The van der Waals surface area contributed by atoms with Gasteiger partial charge in [-0.2, -0.15) is 0 Å². The van der Waals surface area contributed by atoms with Crippen LogP contribution in [-0.2, 0) is 4.79 Å². The van der Waals surface area contributed by atoms with Gasteiger partial charge in [0, 0.05) is 16.2 Å². The molecule has 1 aromatic carbocycles. The number of rotatable bonds is 5. The van der Waals surface area contributed by atoms with Crippen LogP contribution in [-0.4, -0.2) is 26.8 Å². The highest BCUT2D eigenvalue weighted by Gasteiger charge is 2.13. The Morgan fingerprint density at radius 3 is 2.88 bits per heavy atom. The summed E-state index contributed by atoms with van der Waals surface area (Å²) in [6.45, 7) is 1.99. The maximum absolute atomic E-state index is 12.1. The maximum Gasteiger partial charge on any atom is 0.277 e. The quantitative estimate of drug-likeness (QED) is 0.530. The summed E-state index contributed by atoms with van der Waals surface area (Å²) in [6, 6.07) is 9.60. The number of halogens is 2. The molecular formula is C16H12Br2N4O2S. The van der Waals surface area contributed by atoms with E-state index in [1.165, 1.54) is 11.8 Å². The monoisotopic (exact) mass is 482 g/mol. The van der Waals surface area contributed by atoms with E-state index in [-0.39, 0.29) is 11.7 Å². The summed E-state index contributed by atoms with van der Waals surface area (Å²) in [5.74, 6) is 0.819. The van der Waals surface area contributed by atoms with Crippen LogP contribution in [0.3, 0.4) is 0 Å². The van der Waals surface area contributed by atoms with E-state index < -0.39 is 0 Å². The minimum atomic E-state index is -0.212. The average Bonchev–Trinajstić information content (AvgIpc) is 3.05. The first-order chi connectivity index (χ1) is 12.0. The van der Waals surface area contributed by atoms with Crippen LogP contribution in [0.2, 0.25) is 0 Å². The Morgan fingerprint density at radius 1 is 1.28 bits per heavy atom. The van der Waals surface area contributed by atoms with Crippen LogP contribution in [0.25, 0.3) is 11.5 Å². The van der Waals surface area contributed by atoms with Gasteiger partial charge in [0.25, 0.3) is 5.22 Å². The Morgan fingerprint density at radius 2 is 2.12 bits per heavy atom. The number of aromatic nitrogens is 3. The van der Waals surface area contributed by atoms with Crippen molar-refractivity contribution in [2.75, 3.05) is 11.1 Å². The van der Waals surface area contributed by atoms with Crippen LogP contribution < -0.4 is 5.32 Å². The molecule has 0 spiro atoms. The second kappa shape index (κ2) is 8.11. The van der Waals surface area contributed by atoms with E-state index in [4.69, 9.17) is 4.42 Å². The smallest absolute Gasteiger partial charge is 0.277 e. The van der Waals surface area contributed by atoms with Crippen molar-refractivity contribution in [1.82, 2.24) is 15.2 Å². The molecule has 1 N–H and O–H groups in total. The lowest BCUT2D eigenvalue weighted by atomic mass is 10.1. The van der Waals surface area contributed by atoms with Crippen LogP contribution in [0.5, 0.6) is 0 Å². The number of thioether (sulfide) groups is 1. The fourth-order valence-corrected chi connectivity index (χ4v) is 3.61. The van der Waals surface area contributed by atoms with Crippen LogP contribution >= 0.6 is 43.6 Å². The molecule has 9 heteroatoms. The number of amides is 1. The molecule has 0 aliphatic rings. The van der Waals surface area contributed by atoms with Gasteiger partial charge in [0.05, 0.1) is 10.2 Å². The van der Waals surface area contributed by atoms with Gasteiger partial charge in [0.2, 0.25) is 11.8 Å². The van der Waals surface area contributed by atoms with Crippen molar-refractivity contribution >= 4 is 55.3 Å². The van der Waals surface area contributed by atoms with Gasteiger partial charge < -0.3 is 9.73 Å². The highest BCUT2D eigenvalue weighted by molar-refractivity contribution is 9.11. The van der Waals surface area contributed by atoms with Gasteiger partial charge in [0.1, 0.15) is 5.82 Å². The van der Waals surface area contributed by atoms with Gasteiger partial charge in [-0.25, -0.2) is 4.98 Å². The second-order valence-electron chi connectivity index (χ2n) is 5.06. The molecule has 0 unspecified atom stereocenters. The fraction of sp³-hybridized carbons (Fsp3) is 0.125. The molecule has 0 saturated heterocycles. The second-order valence-corrected chi connectivity index (χ2v) is 7.76. The molecule has 3 aromatic rings. The van der Waals surface area contributed by atoms with Gasteiger partial charge in [-0.15, -0.1) is 10.2 Å². The van der Waals surface area contributed by atoms with E-state index in [9.17, 15) is 4.79 Å². The molecule has 0 radical (unpaired) electrons. The zero-order valence-electron chi connectivity index (χ0n) is 13.0. The standard InChI is InChI=1S/C16H12Br2N4O2S/c1-9-3-2-4-10(5-9)15-21-22-16(24-15)25-8-13(23)20-14-12(18)6-11(17)7-19-14/h2-7H,8H2,1H3,(H,19,20,23). The zero-order valence-corrected chi connectivity index (χ0v) is 17.0. The lowest BCUT2D eigenvalue weighted by Gasteiger charge is -2.05. The van der Waals surface area contributed by atoms with E-state index in [0.29, 0.717) is 21.4 Å². The summed E-state index contributed by atoms with van der Waals surface area (Å²) < 4.78 is 7.11. The number of aryl methyl sites for hydroxylation is 1. The largest absolute Gasteiger partial charge is 0.411 e. The molecule has 1 amide bonds. The summed E-state index contributed by atoms with van der Waals surface area (Å²) in [5, 5.41) is 11.1. The van der Waals surface area contributed by atoms with Gasteiger partial charge in [0.15, 0.2) is 0 Å². The van der Waals surface area contributed by atoms with Crippen LogP contribution in [0.4, 0.5) is 5.82 Å². The summed E-state index contributed by atoms with van der Waals surface area (Å²) >= 11 is 7.84. The van der Waals surface area contributed by atoms with Gasteiger partial charge >= 0.3 is 0 Å². The number of carbonyl (C=O) groups is 1. The fourth-order valence-electron chi connectivity index (χ4n) is 1.96. The third-order valence-electron chi connectivity index (χ3n) is 3.06. The van der Waals surface area contributed by atoms with E-state index >= 15 is 0 Å². The number of benzene rings is 1. The van der Waals surface area contributed by atoms with E-state index in [1.54, 1.807) is 6.20 Å². The Kier molecular flexibility index (Phi) is 5.87. The van der Waals surface area contributed by atoms with E-state index in [1.807, 2.05) is 37.3 Å². The highest BCUT2D eigenvalue weighted by atomic mass is 79.9. The molecule has 0 aliphatic heterocycles. The Bertz CT molecular complexity index is 917. The topological polar surface area (TPSA) is 80.9 Å². The summed E-state index contributed by atoms with van der Waals surface area (Å²) in [5.41, 5.74) is 1.96. The molecule has 0 bridgehead atoms. The predicted molar refractivity (Wildman–Crippen MR) is 103 cm³/mol. The number of carbonyl (C=O) groups excluding carboxylic acids is 1. The molecule has 128 valence electrons. The van der Waals surface area contributed by atoms with Crippen molar-refractivity contribution in [3.05, 3.63) is 51.0 Å². The van der Waals surface area contributed by atoms with Gasteiger partial charge in [-0.05, 0) is 57.0 Å². The lowest BCUT2D eigenvalue weighted by Crippen LogP contribution is -2.15. The molecular weight excluding hydrogens is 472 g/mol. The third-order valence-corrected chi connectivity index (χ3v) is 4.92. The van der Waals surface area contributed by atoms with Crippen molar-refractivity contribution < 1.29 is 9.21 Å². The van der Waals surface area contributed by atoms with Crippen molar-refractivity contribution in [3.8, 4) is 11.5 Å². The van der Waals surface area contributed by atoms with Gasteiger partial charge in [-0.3, -0.25) is 4.79 Å². The van der Waals surface area contributed by atoms with Gasteiger partial charge in [-0.1, -0.05) is 29.5 Å². The molecule has 0 atom stereocenters. The maximum atomic E-state index is 12.1. The van der Waals surface area contributed by atoms with Crippen LogP contribution in [0, 0.1) is 6.92 Å². The molecule has 2 heterocycles. The number of hydrogen-bond acceptors (Lipinski definition) is 6. The van der Waals surface area contributed by atoms with E-state index in [0.717, 1.165) is 15.6 Å². The minimum absolute atomic E-state index is 0.139.